The summed E-state index contributed by atoms with van der Waals surface area (Å²) < 4.78 is 20.4. The molecule has 0 amide bonds. The second-order valence-corrected chi connectivity index (χ2v) is 8.25. The zero-order valence-corrected chi connectivity index (χ0v) is 17.9. The SMILES string of the molecule is CCCCCCCC1CC=C(c2ccc(OCCCCC)c(Cl)c2F)CC1. The average Bonchev–Trinajstić information content (AvgIpc) is 2.69. The molecule has 1 atom stereocenters. The van der Waals surface area contributed by atoms with Gasteiger partial charge in [-0.1, -0.05) is 82.9 Å². The molecular weight excluding hydrogens is 359 g/mol. The average molecular weight is 395 g/mol. The molecule has 0 aliphatic heterocycles. The highest BCUT2D eigenvalue weighted by atomic mass is 35.5. The molecule has 0 heterocycles. The van der Waals surface area contributed by atoms with Gasteiger partial charge in [0.05, 0.1) is 6.61 Å². The quantitative estimate of drug-likeness (QED) is 0.322. The number of rotatable bonds is 12. The van der Waals surface area contributed by atoms with Gasteiger partial charge in [0.15, 0.2) is 5.82 Å². The first-order valence-electron chi connectivity index (χ1n) is 11.0. The lowest BCUT2D eigenvalue weighted by molar-refractivity contribution is 0.305. The highest BCUT2D eigenvalue weighted by molar-refractivity contribution is 6.32. The van der Waals surface area contributed by atoms with Crippen LogP contribution in [0.2, 0.25) is 5.02 Å². The summed E-state index contributed by atoms with van der Waals surface area (Å²) in [5.74, 6) is 0.902. The van der Waals surface area contributed by atoms with Gasteiger partial charge in [0.25, 0.3) is 0 Å². The normalized spacial score (nSPS) is 17.0. The summed E-state index contributed by atoms with van der Waals surface area (Å²) in [6.45, 7) is 5.00. The second-order valence-electron chi connectivity index (χ2n) is 7.87. The monoisotopic (exact) mass is 394 g/mol. The van der Waals surface area contributed by atoms with Gasteiger partial charge in [0, 0.05) is 5.56 Å². The number of halogens is 2. The first kappa shape index (κ1) is 22.3. The van der Waals surface area contributed by atoms with Crippen molar-refractivity contribution < 1.29 is 9.13 Å². The number of hydrogen-bond donors (Lipinski definition) is 0. The van der Waals surface area contributed by atoms with Crippen LogP contribution in [-0.4, -0.2) is 6.61 Å². The van der Waals surface area contributed by atoms with Crippen LogP contribution in [0.25, 0.3) is 5.57 Å². The molecule has 1 aliphatic rings. The van der Waals surface area contributed by atoms with E-state index in [-0.39, 0.29) is 10.8 Å². The molecule has 152 valence electrons. The van der Waals surface area contributed by atoms with E-state index in [0.717, 1.165) is 50.0 Å². The fourth-order valence-corrected chi connectivity index (χ4v) is 4.08. The van der Waals surface area contributed by atoms with E-state index in [1.165, 1.54) is 38.5 Å². The summed E-state index contributed by atoms with van der Waals surface area (Å²) in [5, 5.41) is 0.128. The van der Waals surface area contributed by atoms with E-state index in [1.54, 1.807) is 0 Å². The van der Waals surface area contributed by atoms with Gasteiger partial charge in [0.1, 0.15) is 10.8 Å². The molecule has 0 saturated carbocycles. The van der Waals surface area contributed by atoms with Crippen molar-refractivity contribution in [2.24, 2.45) is 5.92 Å². The molecule has 1 aliphatic carbocycles. The number of unbranched alkanes of at least 4 members (excludes halogenated alkanes) is 6. The minimum atomic E-state index is -0.325. The van der Waals surface area contributed by atoms with Crippen LogP contribution in [0.5, 0.6) is 5.75 Å². The van der Waals surface area contributed by atoms with Gasteiger partial charge in [-0.05, 0) is 49.3 Å². The maximum Gasteiger partial charge on any atom is 0.153 e. The Morgan fingerprint density at radius 1 is 1.04 bits per heavy atom. The van der Waals surface area contributed by atoms with Crippen molar-refractivity contribution in [2.45, 2.75) is 90.9 Å². The van der Waals surface area contributed by atoms with Gasteiger partial charge in [-0.15, -0.1) is 0 Å². The van der Waals surface area contributed by atoms with Crippen LogP contribution in [-0.2, 0) is 0 Å². The zero-order chi connectivity index (χ0) is 19.5. The van der Waals surface area contributed by atoms with E-state index in [0.29, 0.717) is 17.9 Å². The van der Waals surface area contributed by atoms with Crippen LogP contribution < -0.4 is 4.74 Å². The smallest absolute Gasteiger partial charge is 0.153 e. The highest BCUT2D eigenvalue weighted by Crippen LogP contribution is 2.38. The Morgan fingerprint density at radius 3 is 2.48 bits per heavy atom. The Kier molecular flexibility index (Phi) is 10.3. The van der Waals surface area contributed by atoms with Crippen molar-refractivity contribution in [3.63, 3.8) is 0 Å². The fourth-order valence-electron chi connectivity index (χ4n) is 3.86. The zero-order valence-electron chi connectivity index (χ0n) is 17.2. The standard InChI is InChI=1S/C24H36ClFO/c1-3-5-7-8-9-11-19-12-14-20(15-13-19)21-16-17-22(23(25)24(21)26)27-18-10-6-4-2/h14,16-17,19H,3-13,15,18H2,1-2H3. The first-order chi connectivity index (χ1) is 13.2. The lowest BCUT2D eigenvalue weighted by Gasteiger charge is -2.23. The molecule has 1 unspecified atom stereocenters. The molecule has 0 saturated heterocycles. The number of allylic oxidation sites excluding steroid dienone is 2. The van der Waals surface area contributed by atoms with E-state index >= 15 is 0 Å². The molecule has 0 aromatic heterocycles. The summed E-state index contributed by atoms with van der Waals surface area (Å²) in [6.07, 6.45) is 16.6. The van der Waals surface area contributed by atoms with E-state index in [4.69, 9.17) is 16.3 Å². The van der Waals surface area contributed by atoms with E-state index < -0.39 is 0 Å². The van der Waals surface area contributed by atoms with E-state index in [1.807, 2.05) is 12.1 Å². The molecule has 0 N–H and O–H groups in total. The van der Waals surface area contributed by atoms with Crippen molar-refractivity contribution in [3.05, 3.63) is 34.6 Å². The van der Waals surface area contributed by atoms with Crippen LogP contribution in [0.15, 0.2) is 18.2 Å². The van der Waals surface area contributed by atoms with Gasteiger partial charge in [0.2, 0.25) is 0 Å². The number of hydrogen-bond acceptors (Lipinski definition) is 1. The third-order valence-electron chi connectivity index (χ3n) is 5.63. The van der Waals surface area contributed by atoms with Gasteiger partial charge < -0.3 is 4.74 Å². The van der Waals surface area contributed by atoms with Crippen LogP contribution in [0, 0.1) is 11.7 Å². The molecule has 1 aromatic carbocycles. The molecule has 0 radical (unpaired) electrons. The van der Waals surface area contributed by atoms with Crippen molar-refractivity contribution in [3.8, 4) is 5.75 Å². The lowest BCUT2D eigenvalue weighted by atomic mass is 9.83. The largest absolute Gasteiger partial charge is 0.492 e. The third kappa shape index (κ3) is 7.14. The van der Waals surface area contributed by atoms with Crippen molar-refractivity contribution in [2.75, 3.05) is 6.61 Å². The van der Waals surface area contributed by atoms with Crippen LogP contribution >= 0.6 is 11.6 Å². The molecule has 0 bridgehead atoms. The highest BCUT2D eigenvalue weighted by Gasteiger charge is 2.20. The molecule has 1 aromatic rings. The van der Waals surface area contributed by atoms with Crippen molar-refractivity contribution >= 4 is 17.2 Å². The Hall–Kier alpha value is -1.02. The maximum absolute atomic E-state index is 14.8. The summed E-state index contributed by atoms with van der Waals surface area (Å²) >= 11 is 6.24. The first-order valence-corrected chi connectivity index (χ1v) is 11.3. The minimum Gasteiger partial charge on any atom is -0.492 e. The summed E-state index contributed by atoms with van der Waals surface area (Å²) in [7, 11) is 0. The second kappa shape index (κ2) is 12.4. The fraction of sp³-hybridized carbons (Fsp3) is 0.667. The Labute approximate surface area is 170 Å². The topological polar surface area (TPSA) is 9.23 Å². The lowest BCUT2D eigenvalue weighted by Crippen LogP contribution is -2.07. The Bertz CT molecular complexity index is 596. The molecule has 0 spiro atoms. The predicted octanol–water partition coefficient (Wildman–Crippen LogP) is 8.59. The Balaban J connectivity index is 1.88. The van der Waals surface area contributed by atoms with E-state index in [9.17, 15) is 4.39 Å². The van der Waals surface area contributed by atoms with Crippen molar-refractivity contribution in [1.82, 2.24) is 0 Å². The Morgan fingerprint density at radius 2 is 1.78 bits per heavy atom. The van der Waals surface area contributed by atoms with Gasteiger partial charge >= 0.3 is 0 Å². The third-order valence-corrected chi connectivity index (χ3v) is 5.99. The summed E-state index contributed by atoms with van der Waals surface area (Å²) in [4.78, 5) is 0. The maximum atomic E-state index is 14.8. The summed E-state index contributed by atoms with van der Waals surface area (Å²) in [5.41, 5.74) is 1.76. The van der Waals surface area contributed by atoms with Crippen molar-refractivity contribution in [1.29, 1.82) is 0 Å². The summed E-state index contributed by atoms with van der Waals surface area (Å²) in [6, 6.07) is 3.67. The van der Waals surface area contributed by atoms with Crippen LogP contribution in [0.4, 0.5) is 4.39 Å². The molecule has 2 rings (SSSR count). The van der Waals surface area contributed by atoms with Crippen LogP contribution in [0.1, 0.15) is 96.5 Å². The molecule has 3 heteroatoms. The molecule has 0 fully saturated rings. The predicted molar refractivity (Wildman–Crippen MR) is 115 cm³/mol. The minimum absolute atomic E-state index is 0.128. The number of benzene rings is 1. The van der Waals surface area contributed by atoms with Gasteiger partial charge in [-0.2, -0.15) is 0 Å². The number of ether oxygens (including phenoxy) is 1. The van der Waals surface area contributed by atoms with Gasteiger partial charge in [-0.25, -0.2) is 4.39 Å². The van der Waals surface area contributed by atoms with Crippen LogP contribution in [0.3, 0.4) is 0 Å². The molecule has 1 nitrogen and oxygen atoms in total. The molecule has 27 heavy (non-hydrogen) atoms. The van der Waals surface area contributed by atoms with E-state index in [2.05, 4.69) is 19.9 Å². The molecular formula is C24H36ClFO. The van der Waals surface area contributed by atoms with Gasteiger partial charge in [-0.3, -0.25) is 0 Å².